The molecule has 4 nitrogen and oxygen atoms in total. The van der Waals surface area contributed by atoms with Crippen LogP contribution in [0.5, 0.6) is 0 Å². The van der Waals surface area contributed by atoms with E-state index in [0.717, 1.165) is 21.0 Å². The van der Waals surface area contributed by atoms with E-state index in [1.54, 1.807) is 6.20 Å². The Labute approximate surface area is 153 Å². The number of thioether (sulfide) groups is 1. The van der Waals surface area contributed by atoms with E-state index in [1.165, 1.54) is 11.8 Å². The van der Waals surface area contributed by atoms with Crippen molar-refractivity contribution in [3.63, 3.8) is 0 Å². The number of nitrogens with one attached hydrogen (secondary N) is 1. The van der Waals surface area contributed by atoms with Gasteiger partial charge in [0.25, 0.3) is 0 Å². The van der Waals surface area contributed by atoms with Crippen LogP contribution < -0.4 is 5.32 Å². The zero-order chi connectivity index (χ0) is 16.9. The molecule has 0 radical (unpaired) electrons. The van der Waals surface area contributed by atoms with Gasteiger partial charge in [-0.1, -0.05) is 45.9 Å². The van der Waals surface area contributed by atoms with Crippen LogP contribution in [0.15, 0.2) is 76.6 Å². The number of imidazole rings is 1. The number of benzene rings is 2. The molecule has 3 aromatic rings. The zero-order valence-electron chi connectivity index (χ0n) is 13.0. The minimum atomic E-state index is -0.262. The lowest BCUT2D eigenvalue weighted by Gasteiger charge is -2.13. The number of halogens is 1. The van der Waals surface area contributed by atoms with E-state index in [1.807, 2.05) is 72.3 Å². The molecular weight excluding hydrogens is 386 g/mol. The molecule has 24 heavy (non-hydrogen) atoms. The summed E-state index contributed by atoms with van der Waals surface area (Å²) in [5.74, 6) is -0.0449. The highest BCUT2D eigenvalue weighted by atomic mass is 79.9. The monoisotopic (exact) mass is 401 g/mol. The summed E-state index contributed by atoms with van der Waals surface area (Å²) in [5, 5.41) is 3.44. The SMILES string of the molecule is CC(Sc1nccn1-c1ccc(Br)cc1)C(=O)Nc1ccccc1. The normalized spacial score (nSPS) is 11.9. The second-order valence-corrected chi connectivity index (χ2v) is 7.40. The van der Waals surface area contributed by atoms with Crippen LogP contribution in [0.25, 0.3) is 5.69 Å². The molecule has 0 aliphatic rings. The minimum Gasteiger partial charge on any atom is -0.325 e. The Balaban J connectivity index is 1.71. The van der Waals surface area contributed by atoms with E-state index in [4.69, 9.17) is 0 Å². The highest BCUT2D eigenvalue weighted by molar-refractivity contribution is 9.10. The molecule has 3 rings (SSSR count). The summed E-state index contributed by atoms with van der Waals surface area (Å²) in [6.07, 6.45) is 3.64. The van der Waals surface area contributed by atoms with E-state index in [9.17, 15) is 4.79 Å². The lowest BCUT2D eigenvalue weighted by atomic mass is 10.3. The number of nitrogens with zero attached hydrogens (tertiary/aromatic N) is 2. The van der Waals surface area contributed by atoms with Crippen molar-refractivity contribution in [2.24, 2.45) is 0 Å². The molecule has 1 aromatic heterocycles. The second-order valence-electron chi connectivity index (χ2n) is 5.17. The van der Waals surface area contributed by atoms with E-state index in [2.05, 4.69) is 26.2 Å². The summed E-state index contributed by atoms with van der Waals surface area (Å²) >= 11 is 4.87. The Morgan fingerprint density at radius 2 is 1.88 bits per heavy atom. The molecule has 0 bridgehead atoms. The number of carbonyl (C=O) groups is 1. The first-order chi connectivity index (χ1) is 11.6. The first kappa shape index (κ1) is 16.8. The number of amides is 1. The lowest BCUT2D eigenvalue weighted by molar-refractivity contribution is -0.115. The second kappa shape index (κ2) is 7.68. The predicted molar refractivity (Wildman–Crippen MR) is 102 cm³/mol. The highest BCUT2D eigenvalue weighted by Gasteiger charge is 2.17. The number of hydrogen-bond donors (Lipinski definition) is 1. The Bertz CT molecular complexity index is 818. The average molecular weight is 402 g/mol. The maximum Gasteiger partial charge on any atom is 0.237 e. The number of anilines is 1. The van der Waals surface area contributed by atoms with Crippen LogP contribution >= 0.6 is 27.7 Å². The molecule has 1 amide bonds. The molecule has 0 aliphatic carbocycles. The van der Waals surface area contributed by atoms with Gasteiger partial charge >= 0.3 is 0 Å². The van der Waals surface area contributed by atoms with Crippen LogP contribution in [0, 0.1) is 0 Å². The molecular formula is C18H16BrN3OS. The molecule has 0 saturated heterocycles. The summed E-state index contributed by atoms with van der Waals surface area (Å²) in [6.45, 7) is 1.88. The van der Waals surface area contributed by atoms with Crippen LogP contribution in [0.2, 0.25) is 0 Å². The molecule has 0 spiro atoms. The Kier molecular flexibility index (Phi) is 5.37. The third-order valence-corrected chi connectivity index (χ3v) is 5.01. The van der Waals surface area contributed by atoms with Gasteiger partial charge in [0.2, 0.25) is 5.91 Å². The van der Waals surface area contributed by atoms with Crippen molar-refractivity contribution in [3.05, 3.63) is 71.5 Å². The van der Waals surface area contributed by atoms with Crippen LogP contribution in [0.3, 0.4) is 0 Å². The third kappa shape index (κ3) is 4.07. The maximum absolute atomic E-state index is 12.4. The fourth-order valence-corrected chi connectivity index (χ4v) is 3.30. The summed E-state index contributed by atoms with van der Waals surface area (Å²) in [5.41, 5.74) is 1.81. The maximum atomic E-state index is 12.4. The van der Waals surface area contributed by atoms with Gasteiger partial charge in [-0.15, -0.1) is 0 Å². The van der Waals surface area contributed by atoms with Crippen LogP contribution in [0.4, 0.5) is 5.69 Å². The van der Waals surface area contributed by atoms with Gasteiger partial charge in [0.15, 0.2) is 5.16 Å². The van der Waals surface area contributed by atoms with Crippen LogP contribution in [0.1, 0.15) is 6.92 Å². The largest absolute Gasteiger partial charge is 0.325 e. The van der Waals surface area contributed by atoms with Crippen molar-refractivity contribution in [3.8, 4) is 5.69 Å². The Morgan fingerprint density at radius 1 is 1.17 bits per heavy atom. The van der Waals surface area contributed by atoms with Gasteiger partial charge in [0.1, 0.15) is 0 Å². The average Bonchev–Trinajstić information content (AvgIpc) is 3.04. The van der Waals surface area contributed by atoms with Crippen molar-refractivity contribution in [1.82, 2.24) is 9.55 Å². The molecule has 1 N–H and O–H groups in total. The summed E-state index contributed by atoms with van der Waals surface area (Å²) in [4.78, 5) is 16.7. The number of hydrogen-bond acceptors (Lipinski definition) is 3. The standard InChI is InChI=1S/C18H16BrN3OS/c1-13(17(23)21-15-5-3-2-4-6-15)24-18-20-11-12-22(18)16-9-7-14(19)8-10-16/h2-13H,1H3,(H,21,23). The lowest BCUT2D eigenvalue weighted by Crippen LogP contribution is -2.22. The quantitative estimate of drug-likeness (QED) is 0.627. The van der Waals surface area contributed by atoms with E-state index in [-0.39, 0.29) is 11.2 Å². The first-order valence-corrected chi connectivity index (χ1v) is 9.12. The van der Waals surface area contributed by atoms with Crippen LogP contribution in [-0.2, 0) is 4.79 Å². The predicted octanol–water partition coefficient (Wildman–Crippen LogP) is 4.75. The van der Waals surface area contributed by atoms with E-state index < -0.39 is 0 Å². The topological polar surface area (TPSA) is 46.9 Å². The van der Waals surface area contributed by atoms with Crippen molar-refractivity contribution >= 4 is 39.3 Å². The van der Waals surface area contributed by atoms with Gasteiger partial charge in [0.05, 0.1) is 5.25 Å². The molecule has 0 saturated carbocycles. The van der Waals surface area contributed by atoms with Gasteiger partial charge in [0, 0.05) is 28.2 Å². The molecule has 0 fully saturated rings. The van der Waals surface area contributed by atoms with Gasteiger partial charge < -0.3 is 5.32 Å². The summed E-state index contributed by atoms with van der Waals surface area (Å²) < 4.78 is 3.00. The van der Waals surface area contributed by atoms with Crippen molar-refractivity contribution in [2.45, 2.75) is 17.3 Å². The molecule has 0 aliphatic heterocycles. The van der Waals surface area contributed by atoms with E-state index in [0.29, 0.717) is 0 Å². The fraction of sp³-hybridized carbons (Fsp3) is 0.111. The number of aromatic nitrogens is 2. The van der Waals surface area contributed by atoms with Gasteiger partial charge in [-0.25, -0.2) is 4.98 Å². The Hall–Kier alpha value is -2.05. The molecule has 122 valence electrons. The van der Waals surface area contributed by atoms with Gasteiger partial charge in [-0.05, 0) is 43.3 Å². The van der Waals surface area contributed by atoms with E-state index >= 15 is 0 Å². The molecule has 1 unspecified atom stereocenters. The smallest absolute Gasteiger partial charge is 0.237 e. The number of para-hydroxylation sites is 1. The van der Waals surface area contributed by atoms with Crippen molar-refractivity contribution < 1.29 is 4.79 Å². The summed E-state index contributed by atoms with van der Waals surface area (Å²) in [7, 11) is 0. The molecule has 2 aromatic carbocycles. The first-order valence-electron chi connectivity index (χ1n) is 7.45. The summed E-state index contributed by atoms with van der Waals surface area (Å²) in [6, 6.07) is 17.4. The van der Waals surface area contributed by atoms with Crippen molar-refractivity contribution in [2.75, 3.05) is 5.32 Å². The number of rotatable bonds is 5. The molecule has 1 atom stereocenters. The number of carbonyl (C=O) groups excluding carboxylic acids is 1. The van der Waals surface area contributed by atoms with Gasteiger partial charge in [-0.3, -0.25) is 9.36 Å². The van der Waals surface area contributed by atoms with Gasteiger partial charge in [-0.2, -0.15) is 0 Å². The molecule has 6 heteroatoms. The zero-order valence-corrected chi connectivity index (χ0v) is 15.4. The Morgan fingerprint density at radius 3 is 2.58 bits per heavy atom. The van der Waals surface area contributed by atoms with Crippen LogP contribution in [-0.4, -0.2) is 20.7 Å². The fourth-order valence-electron chi connectivity index (χ4n) is 2.15. The molecule has 1 heterocycles. The minimum absolute atomic E-state index is 0.0449. The van der Waals surface area contributed by atoms with Crippen molar-refractivity contribution in [1.29, 1.82) is 0 Å². The highest BCUT2D eigenvalue weighted by Crippen LogP contribution is 2.26. The third-order valence-electron chi connectivity index (χ3n) is 3.40.